The lowest BCUT2D eigenvalue weighted by molar-refractivity contribution is 0.332. The monoisotopic (exact) mass is 777 g/mol. The van der Waals surface area contributed by atoms with E-state index >= 15 is 0 Å². The summed E-state index contributed by atoms with van der Waals surface area (Å²) in [6, 6.07) is 70.5. The Hall–Kier alpha value is -6.42. The molecule has 0 saturated carbocycles. The molecule has 2 heterocycles. The predicted octanol–water partition coefficient (Wildman–Crippen LogP) is 12.1. The minimum atomic E-state index is -2.79. The highest BCUT2D eigenvalue weighted by Gasteiger charge is 2.44. The van der Waals surface area contributed by atoms with Gasteiger partial charge in [0.25, 0.3) is 0 Å². The van der Waals surface area contributed by atoms with Crippen LogP contribution in [-0.2, 0) is 10.8 Å². The Bertz CT molecular complexity index is 3160. The quantitative estimate of drug-likeness (QED) is 0.121. The van der Waals surface area contributed by atoms with Gasteiger partial charge in [0.1, 0.15) is 11.2 Å². The van der Waals surface area contributed by atoms with Crippen LogP contribution in [-0.4, -0.2) is 12.6 Å². The lowest BCUT2D eigenvalue weighted by atomic mass is 9.63. The highest BCUT2D eigenvalue weighted by molar-refractivity contribution is 7.19. The van der Waals surface area contributed by atoms with E-state index in [1.807, 2.05) is 6.07 Å². The third kappa shape index (κ3) is 5.45. The first kappa shape index (κ1) is 35.7. The van der Waals surface area contributed by atoms with Crippen molar-refractivity contribution in [3.8, 4) is 16.8 Å². The van der Waals surface area contributed by atoms with E-state index in [1.165, 1.54) is 77.6 Å². The van der Waals surface area contributed by atoms with Gasteiger partial charge in [0, 0.05) is 27.2 Å². The van der Waals surface area contributed by atoms with Gasteiger partial charge in [-0.2, -0.15) is 0 Å². The Balaban J connectivity index is 1.12. The molecule has 0 bridgehead atoms. The summed E-state index contributed by atoms with van der Waals surface area (Å²) in [5.74, 6) is 0. The first-order valence-electron chi connectivity index (χ1n) is 21.1. The molecule has 2 aromatic heterocycles. The SMILES string of the molecule is CC1(C)CCC(C)(C)c2cc([Si](c3ccccc3)(c3ccccc3)c3ccc(-n4c5ccccc5c5c(-c6ccc7oc8ccccc8c7c6)cccc54)cc3)ccc21. The third-order valence-corrected chi connectivity index (χ3v) is 18.4. The van der Waals surface area contributed by atoms with E-state index < -0.39 is 8.07 Å². The van der Waals surface area contributed by atoms with E-state index in [-0.39, 0.29) is 10.8 Å². The number of rotatable bonds is 6. The molecule has 0 spiro atoms. The minimum absolute atomic E-state index is 0.103. The standard InChI is InChI=1S/C56H47NOSi/c1-55(2)34-35-56(3,4)49-37-43(31-32-48(49)55)59(40-16-7-5-8-17-40,41-18-9-6-10-19-41)42-29-27-39(28-30-42)57-50-23-13-11-21-46(50)54-44(22-15-24-51(54)57)38-26-33-53-47(36-38)45-20-12-14-25-52(45)58-53/h5-33,36-37H,34-35H2,1-4H3. The molecule has 286 valence electrons. The van der Waals surface area contributed by atoms with Crippen LogP contribution in [0.25, 0.3) is 60.6 Å². The molecule has 59 heavy (non-hydrogen) atoms. The molecule has 0 N–H and O–H groups in total. The van der Waals surface area contributed by atoms with Crippen LogP contribution in [0.4, 0.5) is 0 Å². The van der Waals surface area contributed by atoms with Gasteiger partial charge in [-0.25, -0.2) is 0 Å². The number of aromatic nitrogens is 1. The van der Waals surface area contributed by atoms with Crippen LogP contribution >= 0.6 is 0 Å². The molecule has 11 rings (SSSR count). The van der Waals surface area contributed by atoms with Crippen LogP contribution in [0.5, 0.6) is 0 Å². The summed E-state index contributed by atoms with van der Waals surface area (Å²) in [7, 11) is -2.79. The van der Waals surface area contributed by atoms with Crippen molar-refractivity contribution >= 4 is 72.6 Å². The molecule has 0 fully saturated rings. The number of para-hydroxylation sites is 2. The summed E-state index contributed by atoms with van der Waals surface area (Å²) in [4.78, 5) is 0. The van der Waals surface area contributed by atoms with E-state index in [1.54, 1.807) is 0 Å². The Labute approximate surface area is 347 Å². The van der Waals surface area contributed by atoms with Crippen LogP contribution < -0.4 is 20.7 Å². The number of benzene rings is 8. The smallest absolute Gasteiger partial charge is 0.179 e. The molecule has 2 nitrogen and oxygen atoms in total. The molecule has 10 aromatic rings. The third-order valence-electron chi connectivity index (χ3n) is 13.6. The molecule has 3 heteroatoms. The van der Waals surface area contributed by atoms with Gasteiger partial charge in [-0.1, -0.05) is 173 Å². The lowest BCUT2D eigenvalue weighted by Crippen LogP contribution is -2.74. The van der Waals surface area contributed by atoms with Crippen LogP contribution in [0.1, 0.15) is 51.7 Å². The van der Waals surface area contributed by atoms with Crippen LogP contribution in [0, 0.1) is 0 Å². The molecule has 0 radical (unpaired) electrons. The van der Waals surface area contributed by atoms with Crippen LogP contribution in [0.15, 0.2) is 192 Å². The summed E-state index contributed by atoms with van der Waals surface area (Å²) in [5, 5.41) is 10.4. The van der Waals surface area contributed by atoms with Crippen molar-refractivity contribution in [2.75, 3.05) is 0 Å². The van der Waals surface area contributed by atoms with Gasteiger partial charge in [-0.05, 0) is 109 Å². The molecule has 1 aliphatic rings. The molecule has 1 aliphatic carbocycles. The Morgan fingerprint density at radius 3 is 1.75 bits per heavy atom. The lowest BCUT2D eigenvalue weighted by Gasteiger charge is -2.43. The molecule has 8 aromatic carbocycles. The van der Waals surface area contributed by atoms with Gasteiger partial charge in [0.2, 0.25) is 0 Å². The van der Waals surface area contributed by atoms with Crippen molar-refractivity contribution in [3.05, 3.63) is 199 Å². The summed E-state index contributed by atoms with van der Waals surface area (Å²) >= 11 is 0. The number of hydrogen-bond donors (Lipinski definition) is 0. The zero-order valence-corrected chi connectivity index (χ0v) is 35.2. The van der Waals surface area contributed by atoms with Gasteiger partial charge in [-0.15, -0.1) is 0 Å². The van der Waals surface area contributed by atoms with Crippen molar-refractivity contribution in [3.63, 3.8) is 0 Å². The van der Waals surface area contributed by atoms with E-state index in [0.29, 0.717) is 0 Å². The van der Waals surface area contributed by atoms with E-state index in [4.69, 9.17) is 4.42 Å². The number of furan rings is 1. The number of hydrogen-bond acceptors (Lipinski definition) is 1. The highest BCUT2D eigenvalue weighted by Crippen LogP contribution is 2.46. The van der Waals surface area contributed by atoms with E-state index in [9.17, 15) is 0 Å². The van der Waals surface area contributed by atoms with E-state index in [2.05, 4.69) is 214 Å². The Kier molecular flexibility index (Phi) is 8.06. The summed E-state index contributed by atoms with van der Waals surface area (Å²) in [6.07, 6.45) is 2.39. The second-order valence-electron chi connectivity index (χ2n) is 17.9. The first-order valence-corrected chi connectivity index (χ1v) is 23.1. The summed E-state index contributed by atoms with van der Waals surface area (Å²) in [6.45, 7) is 9.75. The maximum absolute atomic E-state index is 6.22. The molecule has 0 saturated heterocycles. The largest absolute Gasteiger partial charge is 0.456 e. The van der Waals surface area contributed by atoms with Crippen molar-refractivity contribution < 1.29 is 4.42 Å². The maximum atomic E-state index is 6.22. The molecule has 0 amide bonds. The fraction of sp³-hybridized carbons (Fsp3) is 0.143. The fourth-order valence-electron chi connectivity index (χ4n) is 10.5. The molecular formula is C56H47NOSi. The van der Waals surface area contributed by atoms with Gasteiger partial charge in [0.05, 0.1) is 11.0 Å². The molecule has 0 aliphatic heterocycles. The van der Waals surface area contributed by atoms with Gasteiger partial charge >= 0.3 is 0 Å². The molecule has 0 atom stereocenters. The Morgan fingerprint density at radius 1 is 0.441 bits per heavy atom. The second kappa shape index (κ2) is 13.3. The average Bonchev–Trinajstić information content (AvgIpc) is 3.82. The summed E-state index contributed by atoms with van der Waals surface area (Å²) in [5.41, 5.74) is 11.1. The molecule has 0 unspecified atom stereocenters. The van der Waals surface area contributed by atoms with Crippen molar-refractivity contribution in [1.82, 2.24) is 4.57 Å². The number of nitrogens with zero attached hydrogens (tertiary/aromatic N) is 1. The van der Waals surface area contributed by atoms with Crippen molar-refractivity contribution in [2.45, 2.75) is 51.4 Å². The predicted molar refractivity (Wildman–Crippen MR) is 252 cm³/mol. The van der Waals surface area contributed by atoms with Crippen LogP contribution in [0.2, 0.25) is 0 Å². The topological polar surface area (TPSA) is 18.1 Å². The van der Waals surface area contributed by atoms with Gasteiger partial charge in [0.15, 0.2) is 8.07 Å². The summed E-state index contributed by atoms with van der Waals surface area (Å²) < 4.78 is 8.68. The minimum Gasteiger partial charge on any atom is -0.456 e. The maximum Gasteiger partial charge on any atom is 0.179 e. The van der Waals surface area contributed by atoms with Crippen molar-refractivity contribution in [1.29, 1.82) is 0 Å². The fourth-order valence-corrected chi connectivity index (χ4v) is 15.2. The van der Waals surface area contributed by atoms with Crippen LogP contribution in [0.3, 0.4) is 0 Å². The highest BCUT2D eigenvalue weighted by atomic mass is 28.3. The first-order chi connectivity index (χ1) is 28.7. The second-order valence-corrected chi connectivity index (χ2v) is 21.7. The van der Waals surface area contributed by atoms with Gasteiger partial charge in [-0.3, -0.25) is 0 Å². The Morgan fingerprint density at radius 2 is 1.02 bits per heavy atom. The average molecular weight is 778 g/mol. The zero-order chi connectivity index (χ0) is 39.9. The molecular weight excluding hydrogens is 731 g/mol. The van der Waals surface area contributed by atoms with Crippen molar-refractivity contribution in [2.24, 2.45) is 0 Å². The normalized spacial score (nSPS) is 14.9. The zero-order valence-electron chi connectivity index (χ0n) is 34.2. The van der Waals surface area contributed by atoms with Gasteiger partial charge < -0.3 is 8.98 Å². The van der Waals surface area contributed by atoms with E-state index in [0.717, 1.165) is 27.6 Å². The number of fused-ring (bicyclic) bond motifs is 7.